The Morgan fingerprint density at radius 1 is 0.559 bits per heavy atom. The van der Waals surface area contributed by atoms with Crippen LogP contribution in [0.4, 0.5) is 0 Å². The largest absolute Gasteiger partial charge is 0.462 e. The Morgan fingerprint density at radius 2 is 0.892 bits per heavy atom. The summed E-state index contributed by atoms with van der Waals surface area (Å²) < 4.78 is 42.3. The Balaban J connectivity index is 0. The van der Waals surface area contributed by atoms with Crippen molar-refractivity contribution in [3.05, 3.63) is 162 Å². The highest BCUT2D eigenvalue weighted by molar-refractivity contribution is 7.99. The van der Waals surface area contributed by atoms with Gasteiger partial charge in [0.15, 0.2) is 6.29 Å². The molecule has 17 nitrogen and oxygen atoms in total. The van der Waals surface area contributed by atoms with Gasteiger partial charge in [-0.15, -0.1) is 0 Å². The molecule has 2 aliphatic heterocycles. The number of carbonyl (C=O) groups excluding carboxylic acids is 4. The van der Waals surface area contributed by atoms with E-state index in [-0.39, 0.29) is 100 Å². The molecule has 4 aromatic rings. The molecule has 0 radical (unpaired) electrons. The van der Waals surface area contributed by atoms with Crippen molar-refractivity contribution >= 4 is 52.5 Å². The third-order valence-electron chi connectivity index (χ3n) is 14.6. The third-order valence-corrected chi connectivity index (χ3v) is 17.2. The molecule has 2 saturated heterocycles. The molecule has 93 heavy (non-hydrogen) atoms. The minimum Gasteiger partial charge on any atom is -0.462 e. The van der Waals surface area contributed by atoms with Gasteiger partial charge in [0.2, 0.25) is 0 Å². The van der Waals surface area contributed by atoms with Crippen LogP contribution in [0.2, 0.25) is 0 Å². The van der Waals surface area contributed by atoms with Crippen LogP contribution in [0.1, 0.15) is 170 Å². The molecular formula is C74H116O17S2. The lowest BCUT2D eigenvalue weighted by molar-refractivity contribution is -0.157. The molecule has 6 N–H and O–H groups in total. The summed E-state index contributed by atoms with van der Waals surface area (Å²) in [4.78, 5) is 47.8. The van der Waals surface area contributed by atoms with E-state index in [2.05, 4.69) is 70.3 Å². The number of hydrogen-bond acceptors (Lipinski definition) is 18. The van der Waals surface area contributed by atoms with Crippen LogP contribution in [0, 0.1) is 16.2 Å². The second-order valence-corrected chi connectivity index (χ2v) is 27.1. The van der Waals surface area contributed by atoms with Gasteiger partial charge in [0, 0.05) is 27.9 Å². The molecule has 0 bridgehead atoms. The van der Waals surface area contributed by atoms with Gasteiger partial charge >= 0.3 is 23.9 Å². The van der Waals surface area contributed by atoms with Crippen LogP contribution in [0.3, 0.4) is 0 Å². The quantitative estimate of drug-likeness (QED) is 0.00834. The van der Waals surface area contributed by atoms with E-state index in [1.54, 1.807) is 6.92 Å². The fourth-order valence-corrected chi connectivity index (χ4v) is 10.9. The number of hydrogen-bond donors (Lipinski definition) is 6. The van der Waals surface area contributed by atoms with Crippen LogP contribution >= 0.6 is 11.8 Å². The predicted molar refractivity (Wildman–Crippen MR) is 377 cm³/mol. The highest BCUT2D eigenvalue weighted by atomic mass is 32.2. The molecule has 9 unspecified atom stereocenters. The summed E-state index contributed by atoms with van der Waals surface area (Å²) in [5, 5.41) is 55.2. The first kappa shape index (κ1) is 89.5. The number of carbonyl (C=O) groups is 4. The molecule has 2 fully saturated rings. The van der Waals surface area contributed by atoms with E-state index >= 15 is 0 Å². The Kier molecular flexibility index (Phi) is 46.3. The molecule has 0 saturated carbocycles. The molecule has 0 spiro atoms. The Morgan fingerprint density at radius 3 is 1.20 bits per heavy atom. The normalized spacial score (nSPS) is 15.9. The van der Waals surface area contributed by atoms with E-state index < -0.39 is 64.2 Å². The average Bonchev–Trinajstić information content (AvgIpc) is 1.08. The molecule has 6 rings (SSSR count). The number of rotatable bonds is 34. The van der Waals surface area contributed by atoms with Crippen molar-refractivity contribution in [3.8, 4) is 0 Å². The zero-order chi connectivity index (χ0) is 67.3. The van der Waals surface area contributed by atoms with Gasteiger partial charge in [-0.25, -0.2) is 4.79 Å². The number of benzene rings is 4. The smallest absolute Gasteiger partial charge is 0.333 e. The molecule has 9 atom stereocenters. The first-order valence-corrected chi connectivity index (χ1v) is 33.6. The maximum atomic E-state index is 12.5. The molecule has 4 aromatic carbocycles. The van der Waals surface area contributed by atoms with E-state index in [1.165, 1.54) is 34.0 Å². The summed E-state index contributed by atoms with van der Waals surface area (Å²) in [6.45, 7) is 27.7. The molecular weight excluding hydrogens is 1220 g/mol. The van der Waals surface area contributed by atoms with E-state index in [0.29, 0.717) is 44.2 Å². The summed E-state index contributed by atoms with van der Waals surface area (Å²) in [6.07, 6.45) is 2.68. The molecule has 526 valence electrons. The lowest BCUT2D eigenvalue weighted by Gasteiger charge is -2.28. The highest BCUT2D eigenvalue weighted by Gasteiger charge is 2.36. The lowest BCUT2D eigenvalue weighted by atomic mass is 9.79. The van der Waals surface area contributed by atoms with E-state index in [4.69, 9.17) is 43.7 Å². The first-order valence-electron chi connectivity index (χ1n) is 30.9. The van der Waals surface area contributed by atoms with Crippen LogP contribution in [0.25, 0.3) is 6.08 Å². The summed E-state index contributed by atoms with van der Waals surface area (Å²) in [5.74, 6) is -0.145. The van der Waals surface area contributed by atoms with Crippen molar-refractivity contribution < 1.29 is 82.4 Å². The fourth-order valence-electron chi connectivity index (χ4n) is 9.03. The van der Waals surface area contributed by atoms with Crippen LogP contribution in [0.15, 0.2) is 140 Å². The summed E-state index contributed by atoms with van der Waals surface area (Å²) in [5.41, 5.74) is 3.46. The zero-order valence-corrected chi connectivity index (χ0v) is 56.4. The number of aliphatic hydroxyl groups excluding tert-OH is 5. The predicted octanol–water partition coefficient (Wildman–Crippen LogP) is 12.4. The van der Waals surface area contributed by atoms with Gasteiger partial charge in [-0.1, -0.05) is 184 Å². The van der Waals surface area contributed by atoms with Crippen molar-refractivity contribution in [1.29, 1.82) is 0 Å². The fraction of sp³-hybridized carbons (Fsp3) is 0.568. The highest BCUT2D eigenvalue weighted by Crippen LogP contribution is 2.37. The summed E-state index contributed by atoms with van der Waals surface area (Å²) in [7, 11) is -1.50. The van der Waals surface area contributed by atoms with Crippen molar-refractivity contribution in [3.63, 3.8) is 0 Å². The van der Waals surface area contributed by atoms with Gasteiger partial charge in [-0.05, 0) is 127 Å². The third kappa shape index (κ3) is 39.2. The molecule has 2 heterocycles. The van der Waals surface area contributed by atoms with Gasteiger partial charge in [-0.3, -0.25) is 18.6 Å². The molecule has 0 amide bonds. The van der Waals surface area contributed by atoms with Gasteiger partial charge in [0.05, 0.1) is 65.9 Å². The van der Waals surface area contributed by atoms with E-state index in [1.807, 2.05) is 133 Å². The van der Waals surface area contributed by atoms with Gasteiger partial charge in [0.25, 0.3) is 0 Å². The topological polar surface area (TPSA) is 269 Å². The van der Waals surface area contributed by atoms with Gasteiger partial charge < -0.3 is 59.1 Å². The Hall–Kier alpha value is -5.58. The standard InChI is InChI=1S/C20H32O6S.C19H30O5S.C17H24O3.C8H8.C7H10O3.3CH4/c1-4-15(16-8-6-5-7-9-16)10-20(2,3)19(24)26-12-18(23)14-27(25)13-17(22)11-21;1-4-14(15-8-6-5-7-9-15)10-19(2,3)18(23)24-11-16(20)12-25-13-17(21)22;1-4-13(14-8-6-5-7-9-14)10-17(2,3)16(18)20-12-15-11-19-15;1-2-8-6-4-3-5-7-8;1-5(2)7(8)10-4-6-3-9-6;;;/h5-9,15,17-18,21-23H,4,10-14H2,1-3H3;5-9,14,16-17,20-22H,4,10-13H2,1-3H3;5-9,13,15H,4,10-12H2,1-3H3;2-7H,1H2;6H,1,3-4H2,2H3;3*1H4. The number of epoxide rings is 2. The average molecular weight is 1340 g/mol. The maximum Gasteiger partial charge on any atom is 0.333 e. The van der Waals surface area contributed by atoms with E-state index in [9.17, 15) is 38.7 Å². The number of thioether (sulfide) groups is 1. The minimum absolute atomic E-state index is 0. The van der Waals surface area contributed by atoms with Crippen LogP contribution < -0.4 is 0 Å². The van der Waals surface area contributed by atoms with Crippen molar-refractivity contribution in [2.24, 2.45) is 16.2 Å². The SMILES string of the molecule is C.C.C.C=C(C)C(=O)OCC1CO1.C=Cc1ccccc1.CCC(CC(C)(C)C(=O)OCC(O)CS(=O)CC(O)CO)c1ccccc1.CCC(CC(C)(C)C(=O)OCC(O)CSCC(O)O)c1ccccc1.CCC(CC(C)(C)C(=O)OCC1CO1)c1ccccc1. The van der Waals surface area contributed by atoms with Crippen molar-refractivity contribution in [2.45, 2.75) is 185 Å². The van der Waals surface area contributed by atoms with Crippen molar-refractivity contribution in [2.75, 3.05) is 69.3 Å². The molecule has 19 heteroatoms. The minimum atomic E-state index is -1.50. The lowest BCUT2D eigenvalue weighted by Crippen LogP contribution is -2.33. The molecule has 0 aromatic heterocycles. The van der Waals surface area contributed by atoms with Crippen LogP contribution in [-0.2, 0) is 58.4 Å². The van der Waals surface area contributed by atoms with E-state index in [0.717, 1.165) is 32.3 Å². The monoisotopic (exact) mass is 1340 g/mol. The molecule has 0 aliphatic carbocycles. The van der Waals surface area contributed by atoms with Gasteiger partial charge in [0.1, 0.15) is 38.6 Å². The maximum absolute atomic E-state index is 12.5. The van der Waals surface area contributed by atoms with Crippen molar-refractivity contribution in [1.82, 2.24) is 0 Å². The first-order chi connectivity index (χ1) is 42.6. The Labute approximate surface area is 564 Å². The van der Waals surface area contributed by atoms with Gasteiger partial charge in [-0.2, -0.15) is 11.8 Å². The second-order valence-electron chi connectivity index (χ2n) is 24.4. The Bertz CT molecular complexity index is 2670. The zero-order valence-electron chi connectivity index (χ0n) is 54.7. The number of aliphatic hydroxyl groups is 6. The number of ether oxygens (including phenoxy) is 6. The summed E-state index contributed by atoms with van der Waals surface area (Å²) >= 11 is 1.20. The van der Waals surface area contributed by atoms with Crippen LogP contribution in [0.5, 0.6) is 0 Å². The van der Waals surface area contributed by atoms with Crippen LogP contribution in [-0.4, -0.2) is 165 Å². The second kappa shape index (κ2) is 48.2. The number of esters is 4. The summed E-state index contributed by atoms with van der Waals surface area (Å²) in [6, 6.07) is 40.6. The molecule has 2 aliphatic rings.